The lowest BCUT2D eigenvalue weighted by Gasteiger charge is -2.25. The van der Waals surface area contributed by atoms with Gasteiger partial charge in [0.25, 0.3) is 0 Å². The number of oxime groups is 1. The van der Waals surface area contributed by atoms with Crippen molar-refractivity contribution in [2.45, 2.75) is 32.6 Å². The molecule has 0 bridgehead atoms. The van der Waals surface area contributed by atoms with E-state index in [-0.39, 0.29) is 11.9 Å². The molecule has 3 nitrogen and oxygen atoms in total. The highest BCUT2D eigenvalue weighted by Gasteiger charge is 2.62. The Hall–Kier alpha value is -1.16. The molecule has 2 aliphatic carbocycles. The van der Waals surface area contributed by atoms with Gasteiger partial charge in [0, 0.05) is 4.47 Å². The third kappa shape index (κ3) is 2.46. The molecule has 2 saturated carbocycles. The fraction of sp³-hybridized carbons (Fsp3) is 0.467. The second kappa shape index (κ2) is 4.75. The number of halogens is 1. The predicted octanol–water partition coefficient (Wildman–Crippen LogP) is 3.91. The van der Waals surface area contributed by atoms with Crippen LogP contribution in [0.25, 0.3) is 0 Å². The molecule has 1 aromatic rings. The monoisotopic (exact) mass is 321 g/mol. The van der Waals surface area contributed by atoms with Crippen LogP contribution in [0, 0.1) is 11.3 Å². The van der Waals surface area contributed by atoms with Crippen LogP contribution in [0.1, 0.15) is 38.2 Å². The Morgan fingerprint density at radius 3 is 2.58 bits per heavy atom. The van der Waals surface area contributed by atoms with Gasteiger partial charge in [-0.1, -0.05) is 39.6 Å². The zero-order valence-electron chi connectivity index (χ0n) is 10.9. The Morgan fingerprint density at radius 2 is 2.05 bits per heavy atom. The van der Waals surface area contributed by atoms with E-state index >= 15 is 0 Å². The Bertz CT molecular complexity index is 532. The highest BCUT2D eigenvalue weighted by atomic mass is 79.9. The van der Waals surface area contributed by atoms with Crippen LogP contribution in [0.5, 0.6) is 0 Å². The fourth-order valence-corrected chi connectivity index (χ4v) is 3.05. The molecule has 0 aromatic heterocycles. The van der Waals surface area contributed by atoms with Crippen LogP contribution in [0.2, 0.25) is 0 Å². The SMILES string of the molecule is C/C(=N\OC(=O)[C@@H]1CC12CCC2)c1ccc(Br)cc1. The van der Waals surface area contributed by atoms with Crippen molar-refractivity contribution in [1.29, 1.82) is 0 Å². The first-order valence-electron chi connectivity index (χ1n) is 6.62. The first kappa shape index (κ1) is 12.9. The van der Waals surface area contributed by atoms with Crippen LogP contribution in [-0.4, -0.2) is 11.7 Å². The molecular formula is C15H16BrNO2. The number of hydrogen-bond acceptors (Lipinski definition) is 3. The first-order valence-corrected chi connectivity index (χ1v) is 7.41. The third-order valence-corrected chi connectivity index (χ3v) is 4.89. The second-order valence-electron chi connectivity index (χ2n) is 5.57. The van der Waals surface area contributed by atoms with Crippen molar-refractivity contribution in [2.75, 3.05) is 0 Å². The molecule has 3 rings (SSSR count). The molecule has 1 spiro atoms. The molecule has 0 aliphatic heterocycles. The van der Waals surface area contributed by atoms with Gasteiger partial charge in [-0.25, -0.2) is 4.79 Å². The molecule has 19 heavy (non-hydrogen) atoms. The van der Waals surface area contributed by atoms with E-state index in [2.05, 4.69) is 21.1 Å². The van der Waals surface area contributed by atoms with E-state index < -0.39 is 0 Å². The van der Waals surface area contributed by atoms with E-state index in [0.717, 1.165) is 22.2 Å². The summed E-state index contributed by atoms with van der Waals surface area (Å²) in [6.07, 6.45) is 4.62. The quantitative estimate of drug-likeness (QED) is 0.481. The van der Waals surface area contributed by atoms with Gasteiger partial charge in [-0.05, 0) is 49.3 Å². The molecule has 0 saturated heterocycles. The van der Waals surface area contributed by atoms with E-state index in [1.165, 1.54) is 19.3 Å². The maximum Gasteiger partial charge on any atom is 0.338 e. The predicted molar refractivity (Wildman–Crippen MR) is 76.8 cm³/mol. The molecule has 0 unspecified atom stereocenters. The van der Waals surface area contributed by atoms with Crippen LogP contribution in [0.3, 0.4) is 0 Å². The number of nitrogens with zero attached hydrogens (tertiary/aromatic N) is 1. The summed E-state index contributed by atoms with van der Waals surface area (Å²) in [4.78, 5) is 16.9. The molecule has 0 radical (unpaired) electrons. The highest BCUT2D eigenvalue weighted by Crippen LogP contribution is 2.65. The van der Waals surface area contributed by atoms with Crippen molar-refractivity contribution in [2.24, 2.45) is 16.5 Å². The summed E-state index contributed by atoms with van der Waals surface area (Å²) in [7, 11) is 0. The number of hydrogen-bond donors (Lipinski definition) is 0. The molecule has 2 aliphatic rings. The van der Waals surface area contributed by atoms with Crippen molar-refractivity contribution in [1.82, 2.24) is 0 Å². The normalized spacial score (nSPS) is 23.9. The van der Waals surface area contributed by atoms with Gasteiger partial charge in [0.05, 0.1) is 11.6 Å². The summed E-state index contributed by atoms with van der Waals surface area (Å²) >= 11 is 3.39. The molecule has 0 N–H and O–H groups in total. The van der Waals surface area contributed by atoms with Gasteiger partial charge >= 0.3 is 5.97 Å². The summed E-state index contributed by atoms with van der Waals surface area (Å²) in [6.45, 7) is 1.85. The van der Waals surface area contributed by atoms with Crippen molar-refractivity contribution in [3.63, 3.8) is 0 Å². The topological polar surface area (TPSA) is 38.7 Å². The summed E-state index contributed by atoms with van der Waals surface area (Å²) in [5, 5.41) is 3.96. The van der Waals surface area contributed by atoms with Crippen molar-refractivity contribution in [3.05, 3.63) is 34.3 Å². The zero-order chi connectivity index (χ0) is 13.5. The van der Waals surface area contributed by atoms with E-state index in [1.54, 1.807) is 0 Å². The molecule has 100 valence electrons. The van der Waals surface area contributed by atoms with E-state index in [0.29, 0.717) is 5.41 Å². The molecule has 1 aromatic carbocycles. The number of benzene rings is 1. The second-order valence-corrected chi connectivity index (χ2v) is 6.48. The van der Waals surface area contributed by atoms with E-state index in [1.807, 2.05) is 31.2 Å². The molecule has 1 atom stereocenters. The molecule has 0 amide bonds. The van der Waals surface area contributed by atoms with Gasteiger partial charge in [0.2, 0.25) is 0 Å². The van der Waals surface area contributed by atoms with Crippen LogP contribution in [0.4, 0.5) is 0 Å². The Kier molecular flexibility index (Phi) is 3.21. The highest BCUT2D eigenvalue weighted by molar-refractivity contribution is 9.10. The van der Waals surface area contributed by atoms with Gasteiger partial charge in [-0.3, -0.25) is 0 Å². The van der Waals surface area contributed by atoms with Gasteiger partial charge in [-0.2, -0.15) is 0 Å². The fourth-order valence-electron chi connectivity index (χ4n) is 2.79. The van der Waals surface area contributed by atoms with E-state index in [9.17, 15) is 4.79 Å². The molecule has 0 heterocycles. The minimum absolute atomic E-state index is 0.0997. The van der Waals surface area contributed by atoms with Gasteiger partial charge < -0.3 is 4.84 Å². The number of carbonyl (C=O) groups is 1. The zero-order valence-corrected chi connectivity index (χ0v) is 12.4. The maximum atomic E-state index is 11.9. The van der Waals surface area contributed by atoms with Crippen molar-refractivity contribution < 1.29 is 9.63 Å². The van der Waals surface area contributed by atoms with Gasteiger partial charge in [0.15, 0.2) is 0 Å². The lowest BCUT2D eigenvalue weighted by atomic mass is 9.80. The lowest BCUT2D eigenvalue weighted by Crippen LogP contribution is -2.19. The number of carbonyl (C=O) groups excluding carboxylic acids is 1. The minimum atomic E-state index is -0.156. The van der Waals surface area contributed by atoms with Gasteiger partial charge in [-0.15, -0.1) is 0 Å². The molecular weight excluding hydrogens is 306 g/mol. The molecule has 2 fully saturated rings. The Balaban J connectivity index is 1.60. The summed E-state index contributed by atoms with van der Waals surface area (Å²) in [6, 6.07) is 7.78. The lowest BCUT2D eigenvalue weighted by molar-refractivity contribution is -0.146. The Labute approximate surface area is 121 Å². The van der Waals surface area contributed by atoms with Crippen LogP contribution in [0.15, 0.2) is 33.9 Å². The average molecular weight is 322 g/mol. The van der Waals surface area contributed by atoms with Crippen LogP contribution in [-0.2, 0) is 9.63 Å². The maximum absolute atomic E-state index is 11.9. The summed E-state index contributed by atoms with van der Waals surface area (Å²) in [5.74, 6) is -0.0566. The largest absolute Gasteiger partial charge is 0.338 e. The first-order chi connectivity index (χ1) is 9.11. The third-order valence-electron chi connectivity index (χ3n) is 4.36. The van der Waals surface area contributed by atoms with Gasteiger partial charge in [0.1, 0.15) is 0 Å². The minimum Gasteiger partial charge on any atom is -0.318 e. The Morgan fingerprint density at radius 1 is 1.37 bits per heavy atom. The van der Waals surface area contributed by atoms with E-state index in [4.69, 9.17) is 4.84 Å². The van der Waals surface area contributed by atoms with Crippen molar-refractivity contribution >= 4 is 27.6 Å². The molecule has 4 heteroatoms. The average Bonchev–Trinajstić information content (AvgIpc) is 3.12. The summed E-state index contributed by atoms with van der Waals surface area (Å²) in [5.41, 5.74) is 1.99. The standard InChI is InChI=1S/C15H16BrNO2/c1-10(11-3-5-12(16)6-4-11)17-19-14(18)13-9-15(13)7-2-8-15/h3-6,13H,2,7-9H2,1H3/b17-10+/t13-/m0/s1. The summed E-state index contributed by atoms with van der Waals surface area (Å²) < 4.78 is 1.02. The van der Waals surface area contributed by atoms with Crippen LogP contribution < -0.4 is 0 Å². The smallest absolute Gasteiger partial charge is 0.318 e. The van der Waals surface area contributed by atoms with Crippen molar-refractivity contribution in [3.8, 4) is 0 Å². The number of rotatable bonds is 3. The van der Waals surface area contributed by atoms with Crippen LogP contribution >= 0.6 is 15.9 Å².